The van der Waals surface area contributed by atoms with E-state index in [2.05, 4.69) is 25.1 Å². The molecule has 0 nitrogen and oxygen atoms in total. The summed E-state index contributed by atoms with van der Waals surface area (Å²) in [5, 5.41) is 0. The van der Waals surface area contributed by atoms with Crippen LogP contribution in [-0.2, 0) is 0 Å². The highest BCUT2D eigenvalue weighted by Crippen LogP contribution is 2.14. The first kappa shape index (κ1) is 7.35. The molecule has 0 amide bonds. The van der Waals surface area contributed by atoms with Crippen molar-refractivity contribution in [3.05, 3.63) is 54.6 Å². The van der Waals surface area contributed by atoms with Crippen molar-refractivity contribution in [2.75, 3.05) is 0 Å². The first-order chi connectivity index (χ1) is 6.38. The molecular formula is C12H14. The maximum absolute atomic E-state index is 7.04. The van der Waals surface area contributed by atoms with E-state index in [1.165, 1.54) is 12.1 Å². The van der Waals surface area contributed by atoms with Gasteiger partial charge in [-0.3, -0.25) is 0 Å². The van der Waals surface area contributed by atoms with Crippen LogP contribution in [0, 0.1) is 0 Å². The van der Waals surface area contributed by atoms with Crippen LogP contribution in [0.25, 0.3) is 5.57 Å². The van der Waals surface area contributed by atoms with Crippen LogP contribution in [0.5, 0.6) is 0 Å². The molecule has 0 fully saturated rings. The molecule has 62 valence electrons. The van der Waals surface area contributed by atoms with E-state index in [1.54, 1.807) is 0 Å². The number of benzene rings is 1. The molecule has 12 heavy (non-hydrogen) atoms. The fourth-order valence-electron chi connectivity index (χ4n) is 1.13. The molecule has 0 heteroatoms. The zero-order chi connectivity index (χ0) is 9.52. The third kappa shape index (κ3) is 2.09. The topological polar surface area (TPSA) is 0 Å². The van der Waals surface area contributed by atoms with Crippen LogP contribution in [0.1, 0.15) is 20.3 Å². The molecule has 0 spiro atoms. The Morgan fingerprint density at radius 3 is 2.83 bits per heavy atom. The second-order valence-electron chi connectivity index (χ2n) is 2.60. The van der Waals surface area contributed by atoms with Crippen molar-refractivity contribution in [2.45, 2.75) is 13.3 Å². The minimum Gasteiger partial charge on any atom is -0.0985 e. The molecule has 0 saturated heterocycles. The summed E-state index contributed by atoms with van der Waals surface area (Å²) in [5.74, 6) is 0. The lowest BCUT2D eigenvalue weighted by atomic mass is 10.1. The smallest absolute Gasteiger partial charge is 0.0538 e. The molecule has 0 unspecified atom stereocenters. The van der Waals surface area contributed by atoms with E-state index in [0.717, 1.165) is 12.0 Å². The van der Waals surface area contributed by atoms with Crippen molar-refractivity contribution in [1.82, 2.24) is 0 Å². The molecule has 0 saturated carbocycles. The van der Waals surface area contributed by atoms with E-state index in [-0.39, 0.29) is 0 Å². The lowest BCUT2D eigenvalue weighted by Crippen LogP contribution is -1.78. The van der Waals surface area contributed by atoms with Crippen LogP contribution in [-0.4, -0.2) is 0 Å². The van der Waals surface area contributed by atoms with Gasteiger partial charge in [0.05, 0.1) is 1.37 Å². The minimum absolute atomic E-state index is 0.995. The second kappa shape index (κ2) is 4.55. The highest BCUT2D eigenvalue weighted by molar-refractivity contribution is 5.73. The maximum Gasteiger partial charge on any atom is 0.0538 e. The van der Waals surface area contributed by atoms with Gasteiger partial charge >= 0.3 is 0 Å². The average molecular weight is 159 g/mol. The molecule has 0 N–H and O–H groups in total. The van der Waals surface area contributed by atoms with Crippen LogP contribution < -0.4 is 0 Å². The summed E-state index contributed by atoms with van der Waals surface area (Å²) in [7, 11) is 0. The summed E-state index contributed by atoms with van der Waals surface area (Å²) in [5.41, 5.74) is 2.30. The average Bonchev–Trinajstić information content (AvgIpc) is 2.19. The van der Waals surface area contributed by atoms with Crippen LogP contribution >= 0.6 is 0 Å². The fourth-order valence-corrected chi connectivity index (χ4v) is 1.13. The van der Waals surface area contributed by atoms with Gasteiger partial charge < -0.3 is 0 Å². The monoisotopic (exact) mass is 159 g/mol. The van der Waals surface area contributed by atoms with E-state index < -0.39 is 0 Å². The Bertz CT molecular complexity index is 296. The number of hydrogen-bond acceptors (Lipinski definition) is 0. The van der Waals surface area contributed by atoms with Crippen LogP contribution in [0.3, 0.4) is 0 Å². The summed E-state index contributed by atoms with van der Waals surface area (Å²) in [6, 6.07) is 10.1. The first-order valence-corrected chi connectivity index (χ1v) is 4.19. The SMILES string of the molecule is [2H]/C=C/C(=CCC)c1ccccc1. The van der Waals surface area contributed by atoms with E-state index in [1.807, 2.05) is 24.3 Å². The van der Waals surface area contributed by atoms with E-state index in [9.17, 15) is 0 Å². The third-order valence-corrected chi connectivity index (χ3v) is 1.71. The number of rotatable bonds is 3. The second-order valence-corrected chi connectivity index (χ2v) is 2.60. The van der Waals surface area contributed by atoms with Gasteiger partial charge in [0.15, 0.2) is 0 Å². The molecule has 0 atom stereocenters. The predicted molar refractivity (Wildman–Crippen MR) is 54.9 cm³/mol. The van der Waals surface area contributed by atoms with E-state index in [4.69, 9.17) is 1.37 Å². The third-order valence-electron chi connectivity index (χ3n) is 1.71. The molecular weight excluding hydrogens is 144 g/mol. The molecule has 0 aliphatic rings. The molecule has 0 bridgehead atoms. The van der Waals surface area contributed by atoms with Crippen molar-refractivity contribution < 1.29 is 1.37 Å². The van der Waals surface area contributed by atoms with E-state index >= 15 is 0 Å². The van der Waals surface area contributed by atoms with E-state index in [0.29, 0.717) is 0 Å². The Balaban J connectivity index is 2.96. The van der Waals surface area contributed by atoms with Gasteiger partial charge in [0.2, 0.25) is 0 Å². The highest BCUT2D eigenvalue weighted by atomic mass is 14.0. The Labute approximate surface area is 75.6 Å². The maximum atomic E-state index is 7.04. The summed E-state index contributed by atoms with van der Waals surface area (Å²) in [6.07, 6.45) is 4.94. The van der Waals surface area contributed by atoms with Crippen LogP contribution in [0.2, 0.25) is 0 Å². The minimum atomic E-state index is 0.995. The Morgan fingerprint density at radius 1 is 1.50 bits per heavy atom. The molecule has 0 aromatic heterocycles. The zero-order valence-electron chi connectivity index (χ0n) is 8.33. The molecule has 0 aliphatic carbocycles. The summed E-state index contributed by atoms with van der Waals surface area (Å²) in [4.78, 5) is 0. The zero-order valence-corrected chi connectivity index (χ0v) is 7.33. The highest BCUT2D eigenvalue weighted by Gasteiger charge is 1.92. The Morgan fingerprint density at radius 2 is 2.25 bits per heavy atom. The van der Waals surface area contributed by atoms with Gasteiger partial charge in [0.1, 0.15) is 0 Å². The molecule has 0 radical (unpaired) electrons. The molecule has 1 aromatic carbocycles. The number of hydrogen-bond donors (Lipinski definition) is 0. The predicted octanol–water partition coefficient (Wildman–Crippen LogP) is 3.67. The van der Waals surface area contributed by atoms with Crippen molar-refractivity contribution in [2.24, 2.45) is 0 Å². The molecule has 0 heterocycles. The van der Waals surface area contributed by atoms with Crippen LogP contribution in [0.15, 0.2) is 49.0 Å². The Hall–Kier alpha value is -1.30. The molecule has 1 rings (SSSR count). The Kier molecular flexibility index (Phi) is 2.79. The van der Waals surface area contributed by atoms with Crippen molar-refractivity contribution in [3.8, 4) is 0 Å². The van der Waals surface area contributed by atoms with Crippen molar-refractivity contribution >= 4 is 5.57 Å². The normalized spacial score (nSPS) is 13.4. The van der Waals surface area contributed by atoms with Gasteiger partial charge in [-0.25, -0.2) is 0 Å². The fraction of sp³-hybridized carbons (Fsp3) is 0.167. The quantitative estimate of drug-likeness (QED) is 0.590. The summed E-state index contributed by atoms with van der Waals surface area (Å²) < 4.78 is 7.04. The van der Waals surface area contributed by atoms with Gasteiger partial charge in [-0.2, -0.15) is 0 Å². The van der Waals surface area contributed by atoms with Gasteiger partial charge in [0, 0.05) is 0 Å². The summed E-state index contributed by atoms with van der Waals surface area (Å²) in [6.45, 7) is 3.43. The molecule has 1 aromatic rings. The standard InChI is InChI=1S/C12H14/c1-3-8-11(4-2)12-9-6-5-7-10-12/h4-10H,2-3H2,1H3/i2D/b4-2+,11-8?. The number of allylic oxidation sites excluding steroid dienone is 3. The van der Waals surface area contributed by atoms with Crippen molar-refractivity contribution in [1.29, 1.82) is 0 Å². The summed E-state index contributed by atoms with van der Waals surface area (Å²) >= 11 is 0. The lowest BCUT2D eigenvalue weighted by Gasteiger charge is -2.00. The van der Waals surface area contributed by atoms with Gasteiger partial charge in [0.25, 0.3) is 0 Å². The lowest BCUT2D eigenvalue weighted by molar-refractivity contribution is 1.23. The van der Waals surface area contributed by atoms with Crippen LogP contribution in [0.4, 0.5) is 0 Å². The van der Waals surface area contributed by atoms with Gasteiger partial charge in [-0.1, -0.05) is 56.0 Å². The van der Waals surface area contributed by atoms with Gasteiger partial charge in [-0.05, 0) is 17.6 Å². The largest absolute Gasteiger partial charge is 0.0985 e. The molecule has 0 aliphatic heterocycles. The van der Waals surface area contributed by atoms with Crippen molar-refractivity contribution in [3.63, 3.8) is 0 Å². The van der Waals surface area contributed by atoms with Gasteiger partial charge in [-0.15, -0.1) is 0 Å². The first-order valence-electron chi connectivity index (χ1n) is 4.76.